The number of carbonyl (C=O) groups is 3. The lowest BCUT2D eigenvalue weighted by Crippen LogP contribution is -2.38. The van der Waals surface area contributed by atoms with Gasteiger partial charge in [0.2, 0.25) is 0 Å². The molecule has 0 fully saturated rings. The van der Waals surface area contributed by atoms with Gasteiger partial charge >= 0.3 is 18.0 Å². The Morgan fingerprint density at radius 1 is 0.933 bits per heavy atom. The first kappa shape index (κ1) is 21.1. The number of hydroxylamine groups is 2. The van der Waals surface area contributed by atoms with Crippen molar-refractivity contribution in [3.8, 4) is 0 Å². The molecule has 0 heterocycles. The van der Waals surface area contributed by atoms with Gasteiger partial charge in [0.15, 0.2) is 0 Å². The quantitative estimate of drug-likeness (QED) is 0.383. The number of rotatable bonds is 4. The average Bonchev–Trinajstić information content (AvgIpc) is 2.65. The molecular weight excluding hydrogens is 386 g/mol. The van der Waals surface area contributed by atoms with Crippen molar-refractivity contribution in [2.75, 3.05) is 0 Å². The Balaban J connectivity index is 2.06. The number of carboxylic acids is 1. The topological polar surface area (TPSA) is 93.1 Å². The molecule has 0 radical (unpaired) electrons. The van der Waals surface area contributed by atoms with Crippen LogP contribution in [0.25, 0.3) is 21.5 Å². The maximum Gasteiger partial charge on any atom is 0.444 e. The molecule has 7 nitrogen and oxygen atoms in total. The van der Waals surface area contributed by atoms with Crippen molar-refractivity contribution >= 4 is 39.6 Å². The Morgan fingerprint density at radius 3 is 1.97 bits per heavy atom. The summed E-state index contributed by atoms with van der Waals surface area (Å²) < 4.78 is 5.36. The van der Waals surface area contributed by atoms with E-state index in [1.165, 1.54) is 0 Å². The number of hydrogen-bond donors (Lipinski definition) is 1. The molecule has 30 heavy (non-hydrogen) atoms. The molecule has 0 saturated carbocycles. The summed E-state index contributed by atoms with van der Waals surface area (Å²) in [5.41, 5.74) is -0.0623. The predicted octanol–water partition coefficient (Wildman–Crippen LogP) is 4.66. The second-order valence-electron chi connectivity index (χ2n) is 7.85. The Kier molecular flexibility index (Phi) is 5.91. The van der Waals surface area contributed by atoms with Crippen molar-refractivity contribution in [3.05, 3.63) is 60.2 Å². The van der Waals surface area contributed by atoms with Crippen LogP contribution < -0.4 is 0 Å². The molecule has 7 heteroatoms. The number of amides is 1. The van der Waals surface area contributed by atoms with Gasteiger partial charge in [-0.05, 0) is 53.9 Å². The minimum atomic E-state index is -1.35. The van der Waals surface area contributed by atoms with Crippen LogP contribution in [0.2, 0.25) is 0 Å². The fourth-order valence-electron chi connectivity index (χ4n) is 3.15. The highest BCUT2D eigenvalue weighted by atomic mass is 16.8. The fraction of sp³-hybridized carbons (Fsp3) is 0.261. The molecule has 3 aromatic rings. The van der Waals surface area contributed by atoms with Crippen LogP contribution in [-0.4, -0.2) is 33.8 Å². The second-order valence-corrected chi connectivity index (χ2v) is 7.85. The van der Waals surface area contributed by atoms with Gasteiger partial charge in [-0.15, -0.1) is 5.06 Å². The van der Waals surface area contributed by atoms with Crippen LogP contribution in [-0.2, 0) is 25.7 Å². The summed E-state index contributed by atoms with van der Waals surface area (Å²) in [5, 5.41) is 13.3. The number of nitrogens with zero attached hydrogens (tertiary/aromatic N) is 1. The van der Waals surface area contributed by atoms with Gasteiger partial charge in [-0.2, -0.15) is 0 Å². The van der Waals surface area contributed by atoms with Crippen LogP contribution in [0.5, 0.6) is 0 Å². The molecule has 0 atom stereocenters. The zero-order valence-electron chi connectivity index (χ0n) is 17.0. The molecule has 0 bridgehead atoms. The highest BCUT2D eigenvalue weighted by Crippen LogP contribution is 2.30. The number of ether oxygens (including phenoxy) is 1. The highest BCUT2D eigenvalue weighted by Gasteiger charge is 2.27. The zero-order chi connectivity index (χ0) is 21.9. The van der Waals surface area contributed by atoms with Crippen molar-refractivity contribution in [1.29, 1.82) is 0 Å². The normalized spacial score (nSPS) is 11.3. The molecule has 0 unspecified atom stereocenters. The fourth-order valence-corrected chi connectivity index (χ4v) is 3.15. The van der Waals surface area contributed by atoms with Crippen LogP contribution in [0, 0.1) is 0 Å². The summed E-state index contributed by atoms with van der Waals surface area (Å²) in [6, 6.07) is 17.4. The first-order valence-corrected chi connectivity index (χ1v) is 9.46. The average molecular weight is 409 g/mol. The Bertz CT molecular complexity index is 1060. The third-order valence-corrected chi connectivity index (χ3v) is 4.29. The summed E-state index contributed by atoms with van der Waals surface area (Å²) in [7, 11) is 0. The second kappa shape index (κ2) is 8.41. The highest BCUT2D eigenvalue weighted by molar-refractivity contribution is 6.02. The smallest absolute Gasteiger partial charge is 0.444 e. The van der Waals surface area contributed by atoms with E-state index in [4.69, 9.17) is 14.7 Å². The largest absolute Gasteiger partial charge is 0.481 e. The maximum absolute atomic E-state index is 12.7. The summed E-state index contributed by atoms with van der Waals surface area (Å²) in [6.07, 6.45) is -1.74. The number of benzene rings is 3. The lowest BCUT2D eigenvalue weighted by molar-refractivity contribution is -0.188. The lowest BCUT2D eigenvalue weighted by atomic mass is 9.97. The number of fused-ring (bicyclic) bond motifs is 2. The molecule has 3 aromatic carbocycles. The van der Waals surface area contributed by atoms with Crippen molar-refractivity contribution in [2.24, 2.45) is 0 Å². The summed E-state index contributed by atoms with van der Waals surface area (Å²) >= 11 is 0. The third kappa shape index (κ3) is 5.05. The number of carboxylic acid groups (broad SMARTS) is 1. The number of hydrogen-bond acceptors (Lipinski definition) is 5. The standard InChI is InChI=1S/C23H23NO6/c1-23(2,3)29-22(28)24(30-21(27)13-20(25)26)14-19-17-10-6-4-8-15(17)12-16-9-5-7-11-18(16)19/h4-12H,13-14H2,1-3H3,(H,25,26). The molecule has 0 aliphatic carbocycles. The molecule has 0 saturated heterocycles. The van der Waals surface area contributed by atoms with Crippen molar-refractivity contribution < 1.29 is 29.1 Å². The van der Waals surface area contributed by atoms with Gasteiger partial charge in [-0.3, -0.25) is 4.79 Å². The van der Waals surface area contributed by atoms with Crippen LogP contribution in [0.3, 0.4) is 0 Å². The van der Waals surface area contributed by atoms with E-state index in [1.54, 1.807) is 20.8 Å². The first-order valence-electron chi connectivity index (χ1n) is 9.46. The van der Waals surface area contributed by atoms with Crippen LogP contribution in [0.15, 0.2) is 54.6 Å². The van der Waals surface area contributed by atoms with Crippen molar-refractivity contribution in [1.82, 2.24) is 5.06 Å². The van der Waals surface area contributed by atoms with Crippen LogP contribution in [0.1, 0.15) is 32.8 Å². The molecule has 156 valence electrons. The summed E-state index contributed by atoms with van der Waals surface area (Å²) in [4.78, 5) is 40.7. The predicted molar refractivity (Wildman–Crippen MR) is 112 cm³/mol. The minimum absolute atomic E-state index is 0.0951. The Labute approximate surface area is 173 Å². The molecule has 1 N–H and O–H groups in total. The SMILES string of the molecule is CC(C)(C)OC(=O)N(Cc1c2ccccc2cc2ccccc12)OC(=O)CC(=O)O. The molecule has 0 aliphatic rings. The first-order chi connectivity index (χ1) is 14.1. The van der Waals surface area contributed by atoms with Gasteiger partial charge < -0.3 is 14.7 Å². The number of aliphatic carboxylic acids is 1. The van der Waals surface area contributed by atoms with Gasteiger partial charge in [-0.1, -0.05) is 48.5 Å². The van der Waals surface area contributed by atoms with Gasteiger partial charge in [0.25, 0.3) is 0 Å². The van der Waals surface area contributed by atoms with Crippen LogP contribution >= 0.6 is 0 Å². The third-order valence-electron chi connectivity index (χ3n) is 4.29. The maximum atomic E-state index is 12.7. The zero-order valence-corrected chi connectivity index (χ0v) is 17.0. The van der Waals surface area contributed by atoms with E-state index >= 15 is 0 Å². The molecule has 1 amide bonds. The van der Waals surface area contributed by atoms with E-state index in [0.29, 0.717) is 0 Å². The molecule has 0 spiro atoms. The monoisotopic (exact) mass is 409 g/mol. The van der Waals surface area contributed by atoms with E-state index in [-0.39, 0.29) is 6.54 Å². The molecule has 0 aromatic heterocycles. The van der Waals surface area contributed by atoms with Gasteiger partial charge in [0.05, 0.1) is 6.54 Å². The van der Waals surface area contributed by atoms with E-state index < -0.39 is 30.1 Å². The van der Waals surface area contributed by atoms with Crippen molar-refractivity contribution in [2.45, 2.75) is 39.3 Å². The minimum Gasteiger partial charge on any atom is -0.481 e. The molecule has 0 aliphatic heterocycles. The molecular formula is C23H23NO6. The Morgan fingerprint density at radius 2 is 1.47 bits per heavy atom. The van der Waals surface area contributed by atoms with E-state index in [1.807, 2.05) is 54.6 Å². The Hall–Kier alpha value is -3.61. The molecule has 3 rings (SSSR count). The van der Waals surface area contributed by atoms with Gasteiger partial charge in [0, 0.05) is 0 Å². The van der Waals surface area contributed by atoms with E-state index in [2.05, 4.69) is 0 Å². The number of carbonyl (C=O) groups excluding carboxylic acids is 2. The van der Waals surface area contributed by atoms with Gasteiger partial charge in [-0.25, -0.2) is 9.59 Å². The summed E-state index contributed by atoms with van der Waals surface area (Å²) in [6.45, 7) is 4.97. The van der Waals surface area contributed by atoms with E-state index in [9.17, 15) is 14.4 Å². The van der Waals surface area contributed by atoms with Crippen molar-refractivity contribution in [3.63, 3.8) is 0 Å². The summed E-state index contributed by atoms with van der Waals surface area (Å²) in [5.74, 6) is -2.40. The van der Waals surface area contributed by atoms with Crippen LogP contribution in [0.4, 0.5) is 4.79 Å². The van der Waals surface area contributed by atoms with Gasteiger partial charge in [0.1, 0.15) is 12.0 Å². The van der Waals surface area contributed by atoms with E-state index in [0.717, 1.165) is 32.2 Å². The lowest BCUT2D eigenvalue weighted by Gasteiger charge is -2.26.